The minimum atomic E-state index is -0.441. The van der Waals surface area contributed by atoms with E-state index in [2.05, 4.69) is 10.3 Å². The number of hydrogen-bond donors (Lipinski definition) is 2. The minimum absolute atomic E-state index is 0.101. The number of rotatable bonds is 4. The molecule has 108 valence electrons. The second-order valence-corrected chi connectivity index (χ2v) is 5.86. The number of aromatic amines is 1. The van der Waals surface area contributed by atoms with Gasteiger partial charge < -0.3 is 15.0 Å². The van der Waals surface area contributed by atoms with Gasteiger partial charge in [0.2, 0.25) is 0 Å². The summed E-state index contributed by atoms with van der Waals surface area (Å²) in [4.78, 5) is 15.5. The van der Waals surface area contributed by atoms with Gasteiger partial charge in [-0.3, -0.25) is 4.79 Å². The second kappa shape index (κ2) is 5.67. The third-order valence-electron chi connectivity index (χ3n) is 3.01. The first-order valence-electron chi connectivity index (χ1n) is 6.95. The maximum Gasteiger partial charge on any atom is 0.253 e. The molecule has 1 unspecified atom stereocenters. The van der Waals surface area contributed by atoms with Gasteiger partial charge in [0.1, 0.15) is 6.10 Å². The van der Waals surface area contributed by atoms with Gasteiger partial charge in [-0.05, 0) is 45.4 Å². The summed E-state index contributed by atoms with van der Waals surface area (Å²) in [5.41, 5.74) is 1.48. The number of benzene rings is 1. The van der Waals surface area contributed by atoms with Gasteiger partial charge in [0, 0.05) is 17.1 Å². The molecule has 20 heavy (non-hydrogen) atoms. The number of H-pyrrole nitrogens is 1. The molecule has 0 aliphatic rings. The number of ether oxygens (including phenoxy) is 1. The van der Waals surface area contributed by atoms with Crippen LogP contribution in [0.25, 0.3) is 10.9 Å². The Bertz CT molecular complexity index is 596. The van der Waals surface area contributed by atoms with Gasteiger partial charge in [-0.1, -0.05) is 13.0 Å². The Balaban J connectivity index is 2.16. The van der Waals surface area contributed by atoms with Crippen LogP contribution in [0.4, 0.5) is 5.69 Å². The standard InChI is InChI=1S/C16H22N2O2/c1-5-14(20-16(2,3)4)15(19)18-13-8-6-7-12-11(13)9-10-17-12/h6-10,14,17H,5H2,1-4H3,(H,18,19). The molecule has 4 heteroatoms. The molecule has 1 amide bonds. The molecule has 2 aromatic rings. The lowest BCUT2D eigenvalue weighted by Gasteiger charge is -2.26. The van der Waals surface area contributed by atoms with Gasteiger partial charge in [-0.25, -0.2) is 0 Å². The molecule has 2 N–H and O–H groups in total. The zero-order valence-corrected chi connectivity index (χ0v) is 12.5. The van der Waals surface area contributed by atoms with Crippen LogP contribution in [0.15, 0.2) is 30.5 Å². The molecule has 4 nitrogen and oxygen atoms in total. The van der Waals surface area contributed by atoms with Gasteiger partial charge in [-0.2, -0.15) is 0 Å². The summed E-state index contributed by atoms with van der Waals surface area (Å²) in [6, 6.07) is 7.75. The van der Waals surface area contributed by atoms with Crippen LogP contribution in [0.5, 0.6) is 0 Å². The highest BCUT2D eigenvalue weighted by Crippen LogP contribution is 2.23. The van der Waals surface area contributed by atoms with Gasteiger partial charge in [-0.15, -0.1) is 0 Å². The third kappa shape index (κ3) is 3.39. The molecular weight excluding hydrogens is 252 g/mol. The Morgan fingerprint density at radius 1 is 1.35 bits per heavy atom. The average Bonchev–Trinajstić information content (AvgIpc) is 2.84. The van der Waals surface area contributed by atoms with E-state index >= 15 is 0 Å². The molecule has 0 aliphatic heterocycles. The van der Waals surface area contributed by atoms with Crippen molar-refractivity contribution in [2.45, 2.75) is 45.8 Å². The summed E-state index contributed by atoms with van der Waals surface area (Å²) < 4.78 is 5.79. The van der Waals surface area contributed by atoms with Crippen molar-refractivity contribution in [1.29, 1.82) is 0 Å². The zero-order chi connectivity index (χ0) is 14.8. The van der Waals surface area contributed by atoms with Crippen LogP contribution in [0.2, 0.25) is 0 Å². The Kier molecular flexibility index (Phi) is 4.14. The SMILES string of the molecule is CCC(OC(C)(C)C)C(=O)Nc1cccc2[nH]ccc12. The molecule has 1 aromatic heterocycles. The Morgan fingerprint density at radius 3 is 2.75 bits per heavy atom. The van der Waals surface area contributed by atoms with Gasteiger partial charge in [0.05, 0.1) is 11.3 Å². The molecule has 0 spiro atoms. The lowest BCUT2D eigenvalue weighted by atomic mass is 10.1. The predicted octanol–water partition coefficient (Wildman–Crippen LogP) is 3.70. The first kappa shape index (κ1) is 14.6. The fourth-order valence-corrected chi connectivity index (χ4v) is 2.16. The lowest BCUT2D eigenvalue weighted by Crippen LogP contribution is -2.36. The molecule has 0 fully saturated rings. The fourth-order valence-electron chi connectivity index (χ4n) is 2.16. The summed E-state index contributed by atoms with van der Waals surface area (Å²) in [6.07, 6.45) is 2.07. The van der Waals surface area contributed by atoms with Crippen LogP contribution in [0.1, 0.15) is 34.1 Å². The molecule has 1 atom stereocenters. The fraction of sp³-hybridized carbons (Fsp3) is 0.438. The van der Waals surface area contributed by atoms with E-state index in [1.54, 1.807) is 0 Å². The highest BCUT2D eigenvalue weighted by molar-refractivity contribution is 6.02. The van der Waals surface area contributed by atoms with E-state index in [9.17, 15) is 4.79 Å². The van der Waals surface area contributed by atoms with E-state index < -0.39 is 6.10 Å². The number of carbonyl (C=O) groups excluding carboxylic acids is 1. The van der Waals surface area contributed by atoms with Crippen LogP contribution in [0, 0.1) is 0 Å². The van der Waals surface area contributed by atoms with Crippen LogP contribution < -0.4 is 5.32 Å². The number of anilines is 1. The lowest BCUT2D eigenvalue weighted by molar-refractivity contribution is -0.137. The predicted molar refractivity (Wildman–Crippen MR) is 81.8 cm³/mol. The van der Waals surface area contributed by atoms with E-state index in [0.717, 1.165) is 16.6 Å². The first-order chi connectivity index (χ1) is 9.40. The summed E-state index contributed by atoms with van der Waals surface area (Å²) in [5, 5.41) is 3.97. The van der Waals surface area contributed by atoms with Crippen LogP contribution in [0.3, 0.4) is 0 Å². The molecular formula is C16H22N2O2. The third-order valence-corrected chi connectivity index (χ3v) is 3.01. The van der Waals surface area contributed by atoms with Gasteiger partial charge >= 0.3 is 0 Å². The van der Waals surface area contributed by atoms with E-state index in [0.29, 0.717) is 6.42 Å². The van der Waals surface area contributed by atoms with Crippen LogP contribution >= 0.6 is 0 Å². The average molecular weight is 274 g/mol. The summed E-state index contributed by atoms with van der Waals surface area (Å²) in [6.45, 7) is 7.81. The molecule has 0 radical (unpaired) electrons. The van der Waals surface area contributed by atoms with Crippen molar-refractivity contribution < 1.29 is 9.53 Å². The minimum Gasteiger partial charge on any atom is -0.363 e. The van der Waals surface area contributed by atoms with Crippen molar-refractivity contribution in [3.63, 3.8) is 0 Å². The van der Waals surface area contributed by atoms with Gasteiger partial charge in [0.15, 0.2) is 0 Å². The number of amides is 1. The number of carbonyl (C=O) groups is 1. The Hall–Kier alpha value is -1.81. The molecule has 0 saturated heterocycles. The van der Waals surface area contributed by atoms with E-state index in [1.807, 2.05) is 58.2 Å². The van der Waals surface area contributed by atoms with E-state index in [4.69, 9.17) is 4.74 Å². The summed E-state index contributed by atoms with van der Waals surface area (Å²) in [7, 11) is 0. The highest BCUT2D eigenvalue weighted by Gasteiger charge is 2.24. The largest absolute Gasteiger partial charge is 0.363 e. The highest BCUT2D eigenvalue weighted by atomic mass is 16.5. The molecule has 2 rings (SSSR count). The monoisotopic (exact) mass is 274 g/mol. The molecule has 1 aromatic carbocycles. The number of aromatic nitrogens is 1. The van der Waals surface area contributed by atoms with Crippen molar-refractivity contribution in [1.82, 2.24) is 4.98 Å². The topological polar surface area (TPSA) is 54.1 Å². The van der Waals surface area contributed by atoms with E-state index in [1.165, 1.54) is 0 Å². The molecule has 0 aliphatic carbocycles. The molecule has 1 heterocycles. The van der Waals surface area contributed by atoms with Crippen molar-refractivity contribution in [2.24, 2.45) is 0 Å². The van der Waals surface area contributed by atoms with E-state index in [-0.39, 0.29) is 11.5 Å². The van der Waals surface area contributed by atoms with Crippen LogP contribution in [-0.2, 0) is 9.53 Å². The summed E-state index contributed by atoms with van der Waals surface area (Å²) in [5.74, 6) is -0.101. The van der Waals surface area contributed by atoms with Crippen molar-refractivity contribution in [2.75, 3.05) is 5.32 Å². The first-order valence-corrected chi connectivity index (χ1v) is 6.95. The van der Waals surface area contributed by atoms with Crippen molar-refractivity contribution in [3.05, 3.63) is 30.5 Å². The number of hydrogen-bond acceptors (Lipinski definition) is 2. The maximum absolute atomic E-state index is 12.3. The molecule has 0 saturated carbocycles. The van der Waals surface area contributed by atoms with Crippen LogP contribution in [-0.4, -0.2) is 22.6 Å². The van der Waals surface area contributed by atoms with Crippen molar-refractivity contribution in [3.8, 4) is 0 Å². The number of nitrogens with one attached hydrogen (secondary N) is 2. The Morgan fingerprint density at radius 2 is 2.10 bits per heavy atom. The normalized spacial score (nSPS) is 13.4. The maximum atomic E-state index is 12.3. The number of fused-ring (bicyclic) bond motifs is 1. The molecule has 0 bridgehead atoms. The quantitative estimate of drug-likeness (QED) is 0.893. The second-order valence-electron chi connectivity index (χ2n) is 5.86. The summed E-state index contributed by atoms with van der Waals surface area (Å²) >= 11 is 0. The van der Waals surface area contributed by atoms with Crippen molar-refractivity contribution >= 4 is 22.5 Å². The Labute approximate surface area is 119 Å². The zero-order valence-electron chi connectivity index (χ0n) is 12.5. The van der Waals surface area contributed by atoms with Gasteiger partial charge in [0.25, 0.3) is 5.91 Å². The smallest absolute Gasteiger partial charge is 0.253 e.